The monoisotopic (exact) mass is 493 g/mol. The van der Waals surface area contributed by atoms with Gasteiger partial charge in [-0.25, -0.2) is 13.4 Å². The van der Waals surface area contributed by atoms with Crippen LogP contribution in [0.4, 0.5) is 5.13 Å². The third-order valence-electron chi connectivity index (χ3n) is 5.79. The van der Waals surface area contributed by atoms with Crippen LogP contribution in [-0.4, -0.2) is 36.7 Å². The fourth-order valence-corrected chi connectivity index (χ4v) is 6.11. The van der Waals surface area contributed by atoms with Crippen molar-refractivity contribution in [2.75, 3.05) is 18.4 Å². The number of anilines is 1. The lowest BCUT2D eigenvalue weighted by Gasteiger charge is -2.19. The highest BCUT2D eigenvalue weighted by Crippen LogP contribution is 2.30. The molecule has 6 nitrogen and oxygen atoms in total. The molecule has 8 heteroatoms. The highest BCUT2D eigenvalue weighted by molar-refractivity contribution is 7.89. The van der Waals surface area contributed by atoms with Gasteiger partial charge in [-0.15, -0.1) is 24.5 Å². The average Bonchev–Trinajstić information content (AvgIpc) is 3.32. The molecule has 0 spiro atoms. The first-order valence-electron chi connectivity index (χ1n) is 11.1. The van der Waals surface area contributed by atoms with Crippen LogP contribution in [0.25, 0.3) is 11.3 Å². The molecule has 0 saturated carbocycles. The maximum absolute atomic E-state index is 12.8. The number of thiazole rings is 1. The van der Waals surface area contributed by atoms with Crippen LogP contribution in [0.3, 0.4) is 0 Å². The Labute approximate surface area is 204 Å². The molecule has 0 bridgehead atoms. The second kappa shape index (κ2) is 10.5. The largest absolute Gasteiger partial charge is 0.298 e. The maximum Gasteiger partial charge on any atom is 0.257 e. The summed E-state index contributed by atoms with van der Waals surface area (Å²) in [6, 6.07) is 12.3. The predicted molar refractivity (Wildman–Crippen MR) is 138 cm³/mol. The number of benzene rings is 2. The highest BCUT2D eigenvalue weighted by Gasteiger charge is 2.23. The molecule has 0 fully saturated rings. The van der Waals surface area contributed by atoms with Crippen molar-refractivity contribution in [3.8, 4) is 11.3 Å². The Kier molecular flexibility index (Phi) is 7.41. The Morgan fingerprint density at radius 2 is 1.71 bits per heavy atom. The van der Waals surface area contributed by atoms with Crippen molar-refractivity contribution in [3.63, 3.8) is 0 Å². The van der Waals surface area contributed by atoms with E-state index in [2.05, 4.69) is 41.7 Å². The van der Waals surface area contributed by atoms with Gasteiger partial charge in [-0.3, -0.25) is 10.1 Å². The topological polar surface area (TPSA) is 79.4 Å². The summed E-state index contributed by atoms with van der Waals surface area (Å²) in [4.78, 5) is 17.4. The van der Waals surface area contributed by atoms with Crippen molar-refractivity contribution >= 4 is 32.4 Å². The van der Waals surface area contributed by atoms with Crippen LogP contribution in [-0.2, 0) is 22.9 Å². The molecule has 1 aliphatic carbocycles. The van der Waals surface area contributed by atoms with E-state index in [9.17, 15) is 13.2 Å². The van der Waals surface area contributed by atoms with Crippen LogP contribution in [0.2, 0.25) is 0 Å². The van der Waals surface area contributed by atoms with E-state index in [0.717, 1.165) is 24.1 Å². The minimum atomic E-state index is -3.71. The average molecular weight is 494 g/mol. The van der Waals surface area contributed by atoms with Gasteiger partial charge in [-0.2, -0.15) is 4.31 Å². The van der Waals surface area contributed by atoms with Crippen molar-refractivity contribution in [1.82, 2.24) is 9.29 Å². The molecule has 176 valence electrons. The number of sulfonamides is 1. The third-order valence-corrected chi connectivity index (χ3v) is 8.39. The lowest BCUT2D eigenvalue weighted by Crippen LogP contribution is -2.31. The number of fused-ring (bicyclic) bond motifs is 1. The third kappa shape index (κ3) is 5.19. The van der Waals surface area contributed by atoms with Crippen LogP contribution in [0.5, 0.6) is 0 Å². The number of nitrogens with zero attached hydrogens (tertiary/aromatic N) is 2. The van der Waals surface area contributed by atoms with Gasteiger partial charge >= 0.3 is 0 Å². The summed E-state index contributed by atoms with van der Waals surface area (Å²) < 4.78 is 26.9. The molecule has 34 heavy (non-hydrogen) atoms. The molecule has 0 radical (unpaired) electrons. The van der Waals surface area contributed by atoms with Gasteiger partial charge in [0.15, 0.2) is 5.13 Å². The second-order valence-corrected chi connectivity index (χ2v) is 10.9. The standard InChI is InChI=1S/C26H27N3O3S2/c1-3-15-29(16-4-2)34(31,32)23-13-11-20(12-14-23)25(30)28-26-27-24(18-33-26)22-10-9-19-7-5-6-8-21(19)17-22/h3-4,9-14,17-18H,1-2,5-8,15-16H2,(H,27,28,30). The number of carbonyl (C=O) groups excluding carboxylic acids is 1. The Hall–Kier alpha value is -3.07. The first-order chi connectivity index (χ1) is 16.4. The van der Waals surface area contributed by atoms with Crippen LogP contribution in [0, 0.1) is 0 Å². The van der Waals surface area contributed by atoms with Gasteiger partial charge in [0.05, 0.1) is 10.6 Å². The summed E-state index contributed by atoms with van der Waals surface area (Å²) in [6.45, 7) is 7.57. The van der Waals surface area contributed by atoms with Gasteiger partial charge in [-0.05, 0) is 67.1 Å². The number of rotatable bonds is 9. The molecule has 2 aromatic carbocycles. The molecular formula is C26H27N3O3S2. The Morgan fingerprint density at radius 1 is 1.03 bits per heavy atom. The van der Waals surface area contributed by atoms with Crippen LogP contribution in [0.15, 0.2) is 78.1 Å². The van der Waals surface area contributed by atoms with Gasteiger partial charge in [0.1, 0.15) is 0 Å². The fraction of sp³-hybridized carbons (Fsp3) is 0.231. The molecule has 0 aliphatic heterocycles. The number of hydrogen-bond acceptors (Lipinski definition) is 5. The van der Waals surface area contributed by atoms with Gasteiger partial charge in [-0.1, -0.05) is 24.3 Å². The first kappa shape index (κ1) is 24.1. The second-order valence-electron chi connectivity index (χ2n) is 8.11. The minimum Gasteiger partial charge on any atom is -0.298 e. The summed E-state index contributed by atoms with van der Waals surface area (Å²) >= 11 is 1.36. The van der Waals surface area contributed by atoms with Crippen LogP contribution < -0.4 is 5.32 Å². The number of aryl methyl sites for hydroxylation is 2. The molecule has 1 aliphatic rings. The smallest absolute Gasteiger partial charge is 0.257 e. The highest BCUT2D eigenvalue weighted by atomic mass is 32.2. The molecule has 3 aromatic rings. The van der Waals surface area contributed by atoms with Gasteiger partial charge in [0, 0.05) is 29.6 Å². The summed E-state index contributed by atoms with van der Waals surface area (Å²) in [5.74, 6) is -0.343. The van der Waals surface area contributed by atoms with Crippen LogP contribution >= 0.6 is 11.3 Å². The zero-order valence-corrected chi connectivity index (χ0v) is 20.5. The normalized spacial score (nSPS) is 13.3. The van der Waals surface area contributed by atoms with E-state index in [4.69, 9.17) is 0 Å². The van der Waals surface area contributed by atoms with Crippen molar-refractivity contribution in [1.29, 1.82) is 0 Å². The lowest BCUT2D eigenvalue weighted by atomic mass is 9.90. The molecule has 0 saturated heterocycles. The van der Waals surface area contributed by atoms with Gasteiger partial charge in [0.25, 0.3) is 5.91 Å². The summed E-state index contributed by atoms with van der Waals surface area (Å²) in [7, 11) is -3.71. The Balaban J connectivity index is 1.46. The summed E-state index contributed by atoms with van der Waals surface area (Å²) in [5, 5.41) is 5.25. The van der Waals surface area contributed by atoms with E-state index in [0.29, 0.717) is 10.7 Å². The van der Waals surface area contributed by atoms with Crippen molar-refractivity contribution in [3.05, 3.63) is 89.8 Å². The molecule has 0 atom stereocenters. The molecule has 1 N–H and O–H groups in total. The van der Waals surface area contributed by atoms with Crippen molar-refractivity contribution in [2.24, 2.45) is 0 Å². The van der Waals surface area contributed by atoms with E-state index < -0.39 is 10.0 Å². The van der Waals surface area contributed by atoms with E-state index >= 15 is 0 Å². The molecule has 1 amide bonds. The fourth-order valence-electron chi connectivity index (χ4n) is 4.01. The zero-order valence-electron chi connectivity index (χ0n) is 18.9. The SMILES string of the molecule is C=CCN(CC=C)S(=O)(=O)c1ccc(C(=O)Nc2nc(-c3ccc4c(c3)CCCC4)cs2)cc1. The summed E-state index contributed by atoms with van der Waals surface area (Å²) in [5.41, 5.74) is 5.04. The Morgan fingerprint density at radius 3 is 2.38 bits per heavy atom. The molecule has 1 aromatic heterocycles. The van der Waals surface area contributed by atoms with E-state index in [1.165, 1.54) is 76.0 Å². The lowest BCUT2D eigenvalue weighted by molar-refractivity contribution is 0.102. The zero-order chi connectivity index (χ0) is 24.1. The number of amides is 1. The maximum atomic E-state index is 12.8. The first-order valence-corrected chi connectivity index (χ1v) is 13.5. The van der Waals surface area contributed by atoms with E-state index in [1.54, 1.807) is 0 Å². The van der Waals surface area contributed by atoms with Gasteiger partial charge in [0.2, 0.25) is 10.0 Å². The molecule has 1 heterocycles. The molecular weight excluding hydrogens is 466 g/mol. The predicted octanol–water partition coefficient (Wildman–Crippen LogP) is 5.30. The molecule has 0 unspecified atom stereocenters. The number of hydrogen-bond donors (Lipinski definition) is 1. The van der Waals surface area contributed by atoms with Crippen LogP contribution in [0.1, 0.15) is 34.3 Å². The quantitative estimate of drug-likeness (QED) is 0.410. The van der Waals surface area contributed by atoms with Crippen molar-refractivity contribution < 1.29 is 13.2 Å². The number of carbonyl (C=O) groups is 1. The van der Waals surface area contributed by atoms with E-state index in [-0.39, 0.29) is 23.9 Å². The molecule has 4 rings (SSSR count). The number of aromatic nitrogens is 1. The van der Waals surface area contributed by atoms with Crippen molar-refractivity contribution in [2.45, 2.75) is 30.6 Å². The van der Waals surface area contributed by atoms with E-state index in [1.807, 2.05) is 5.38 Å². The number of nitrogens with one attached hydrogen (secondary N) is 1. The summed E-state index contributed by atoms with van der Waals surface area (Å²) in [6.07, 6.45) is 7.74. The van der Waals surface area contributed by atoms with Gasteiger partial charge < -0.3 is 0 Å². The Bertz CT molecular complexity index is 1300. The minimum absolute atomic E-state index is 0.108.